The number of nitrogens with one attached hydrogen (secondary N) is 2. The zero-order valence-corrected chi connectivity index (χ0v) is 29.5. The van der Waals surface area contributed by atoms with Crippen LogP contribution in [-0.4, -0.2) is 95.9 Å². The van der Waals surface area contributed by atoms with Gasteiger partial charge in [0.05, 0.1) is 18.6 Å². The number of likely N-dealkylation sites (tertiary alicyclic amines) is 1. The van der Waals surface area contributed by atoms with Gasteiger partial charge in [0.15, 0.2) is 6.10 Å². The molecule has 256 valence electrons. The van der Waals surface area contributed by atoms with Crippen molar-refractivity contribution in [3.05, 3.63) is 16.1 Å². The maximum atomic E-state index is 13.9. The van der Waals surface area contributed by atoms with E-state index >= 15 is 0 Å². The Balaban J connectivity index is 1.46. The number of piperidine rings is 1. The molecule has 5 atom stereocenters. The molecule has 1 aliphatic heterocycles. The SMILES string of the molecule is COC(=O)C12CC(NC(=O)c3csc([C@@H](C[C@H](C(C)C)N(C)C(=O)[C@@H](NC(=O)[C@H]4CCCCN4C)C(C)C)OC(C)=O)n3)(C1)[C@H]2C. The monoisotopic (exact) mass is 661 g/mol. The maximum Gasteiger partial charge on any atom is 0.312 e. The number of amides is 3. The van der Waals surface area contributed by atoms with Crippen molar-refractivity contribution in [2.45, 2.75) is 110 Å². The van der Waals surface area contributed by atoms with Crippen LogP contribution in [0.4, 0.5) is 0 Å². The summed E-state index contributed by atoms with van der Waals surface area (Å²) in [4.78, 5) is 73.1. The molecule has 4 aliphatic rings. The van der Waals surface area contributed by atoms with Crippen LogP contribution in [0.3, 0.4) is 0 Å². The van der Waals surface area contributed by atoms with E-state index in [-0.39, 0.29) is 65.6 Å². The first-order chi connectivity index (χ1) is 21.6. The minimum atomic E-state index is -0.786. The maximum absolute atomic E-state index is 13.9. The second-order valence-electron chi connectivity index (χ2n) is 14.2. The van der Waals surface area contributed by atoms with E-state index in [9.17, 15) is 24.0 Å². The Bertz CT molecular complexity index is 1320. The molecule has 3 saturated carbocycles. The summed E-state index contributed by atoms with van der Waals surface area (Å²) in [6.45, 7) is 11.9. The highest BCUT2D eigenvalue weighted by atomic mass is 32.1. The number of rotatable bonds is 13. The third-order valence-electron chi connectivity index (χ3n) is 10.6. The Labute approximate surface area is 276 Å². The van der Waals surface area contributed by atoms with Crippen LogP contribution in [0.5, 0.6) is 0 Å². The molecule has 0 unspecified atom stereocenters. The molecule has 3 aliphatic carbocycles. The summed E-state index contributed by atoms with van der Waals surface area (Å²) in [7, 11) is 5.04. The Morgan fingerprint density at radius 2 is 1.80 bits per heavy atom. The van der Waals surface area contributed by atoms with Crippen LogP contribution in [0, 0.1) is 23.2 Å². The number of carbonyl (C=O) groups excluding carboxylic acids is 5. The summed E-state index contributed by atoms with van der Waals surface area (Å²) < 4.78 is 10.7. The van der Waals surface area contributed by atoms with Crippen LogP contribution in [-0.2, 0) is 28.7 Å². The second-order valence-corrected chi connectivity index (χ2v) is 15.1. The average molecular weight is 662 g/mol. The first kappa shape index (κ1) is 35.8. The molecule has 2 bridgehead atoms. The lowest BCUT2D eigenvalue weighted by Gasteiger charge is -2.73. The zero-order valence-electron chi connectivity index (χ0n) is 28.7. The molecule has 2 heterocycles. The Morgan fingerprint density at radius 3 is 2.35 bits per heavy atom. The standard InChI is InChI=1S/C33H51N5O7S/c1-18(2)24(38(8)30(42)26(19(3)4)35-28(41)23-12-10-11-13-37(23)7)14-25(45-21(6)39)29-34-22(15-46-29)27(40)36-33-16-32(17-33,20(33)5)31(43)44-9/h15,18-20,23-26H,10-14,16-17H2,1-9H3,(H,35,41)(H,36,40)/t20-,23+,24+,25+,26-,32?,33?/m0/s1. The van der Waals surface area contributed by atoms with Gasteiger partial charge in [0.2, 0.25) is 11.8 Å². The van der Waals surface area contributed by atoms with Crippen molar-refractivity contribution >= 4 is 41.0 Å². The smallest absolute Gasteiger partial charge is 0.312 e. The van der Waals surface area contributed by atoms with Gasteiger partial charge in [-0.2, -0.15) is 0 Å². The molecule has 4 fully saturated rings. The number of ether oxygens (including phenoxy) is 2. The first-order valence-corrected chi connectivity index (χ1v) is 17.3. The third-order valence-corrected chi connectivity index (χ3v) is 11.5. The fourth-order valence-corrected chi connectivity index (χ4v) is 8.39. The Kier molecular flexibility index (Phi) is 10.9. The number of hydrogen-bond acceptors (Lipinski definition) is 10. The van der Waals surface area contributed by atoms with E-state index in [1.54, 1.807) is 17.3 Å². The predicted octanol–water partition coefficient (Wildman–Crippen LogP) is 3.32. The van der Waals surface area contributed by atoms with Gasteiger partial charge in [0.1, 0.15) is 16.7 Å². The van der Waals surface area contributed by atoms with Crippen LogP contribution >= 0.6 is 11.3 Å². The highest BCUT2D eigenvalue weighted by Crippen LogP contribution is 2.71. The van der Waals surface area contributed by atoms with Crippen molar-refractivity contribution in [2.24, 2.45) is 23.2 Å². The number of thiazole rings is 1. The number of aromatic nitrogens is 1. The van der Waals surface area contributed by atoms with Crippen LogP contribution in [0.25, 0.3) is 0 Å². The number of methoxy groups -OCH3 is 1. The molecule has 1 saturated heterocycles. The van der Waals surface area contributed by atoms with Crippen LogP contribution in [0.2, 0.25) is 0 Å². The minimum absolute atomic E-state index is 0.0179. The number of likely N-dealkylation sites (N-methyl/N-ethyl adjacent to an activating group) is 2. The molecule has 0 aromatic carbocycles. The summed E-state index contributed by atoms with van der Waals surface area (Å²) in [6.07, 6.45) is 3.35. The molecule has 3 amide bonds. The summed E-state index contributed by atoms with van der Waals surface area (Å²) in [6, 6.07) is -1.33. The zero-order chi connectivity index (χ0) is 34.1. The van der Waals surface area contributed by atoms with Crippen molar-refractivity contribution in [3.8, 4) is 0 Å². The molecule has 13 heteroatoms. The first-order valence-electron chi connectivity index (χ1n) is 16.4. The van der Waals surface area contributed by atoms with Gasteiger partial charge in [-0.15, -0.1) is 11.3 Å². The highest BCUT2D eigenvalue weighted by Gasteiger charge is 2.78. The molecule has 46 heavy (non-hydrogen) atoms. The van der Waals surface area contributed by atoms with Gasteiger partial charge in [-0.3, -0.25) is 28.9 Å². The number of nitrogens with zero attached hydrogens (tertiary/aromatic N) is 3. The lowest BCUT2D eigenvalue weighted by molar-refractivity contribution is -0.232. The lowest BCUT2D eigenvalue weighted by Crippen LogP contribution is -2.83. The van der Waals surface area contributed by atoms with E-state index < -0.39 is 29.1 Å². The summed E-state index contributed by atoms with van der Waals surface area (Å²) >= 11 is 1.22. The van der Waals surface area contributed by atoms with Crippen LogP contribution < -0.4 is 10.6 Å². The lowest BCUT2D eigenvalue weighted by atomic mass is 9.33. The fraction of sp³-hybridized carbons (Fsp3) is 0.758. The summed E-state index contributed by atoms with van der Waals surface area (Å²) in [5, 5.41) is 8.20. The van der Waals surface area contributed by atoms with Gasteiger partial charge >= 0.3 is 11.9 Å². The normalized spacial score (nSPS) is 27.5. The minimum Gasteiger partial charge on any atom is -0.469 e. The van der Waals surface area contributed by atoms with Gasteiger partial charge in [-0.05, 0) is 57.0 Å². The number of esters is 2. The van der Waals surface area contributed by atoms with E-state index in [1.165, 1.54) is 25.4 Å². The van der Waals surface area contributed by atoms with Crippen molar-refractivity contribution in [1.82, 2.24) is 25.4 Å². The van der Waals surface area contributed by atoms with Gasteiger partial charge in [0, 0.05) is 37.4 Å². The molecule has 1 aromatic heterocycles. The molecule has 5 rings (SSSR count). The Morgan fingerprint density at radius 1 is 1.13 bits per heavy atom. The molecule has 0 spiro atoms. The van der Waals surface area contributed by atoms with E-state index in [0.29, 0.717) is 17.8 Å². The van der Waals surface area contributed by atoms with E-state index in [4.69, 9.17) is 9.47 Å². The molecule has 2 N–H and O–H groups in total. The van der Waals surface area contributed by atoms with Crippen molar-refractivity contribution < 1.29 is 33.4 Å². The second kappa shape index (κ2) is 14.0. The topological polar surface area (TPSA) is 147 Å². The highest BCUT2D eigenvalue weighted by molar-refractivity contribution is 7.09. The predicted molar refractivity (Wildman–Crippen MR) is 173 cm³/mol. The summed E-state index contributed by atoms with van der Waals surface area (Å²) in [5.74, 6) is -1.62. The van der Waals surface area contributed by atoms with Gasteiger partial charge in [-0.1, -0.05) is 41.0 Å². The third kappa shape index (κ3) is 6.81. The van der Waals surface area contributed by atoms with Crippen molar-refractivity contribution in [3.63, 3.8) is 0 Å². The van der Waals surface area contributed by atoms with E-state index in [1.807, 2.05) is 46.6 Å². The quantitative estimate of drug-likeness (QED) is 0.304. The molecule has 12 nitrogen and oxygen atoms in total. The summed E-state index contributed by atoms with van der Waals surface area (Å²) in [5.41, 5.74) is -0.763. The average Bonchev–Trinajstić information content (AvgIpc) is 3.48. The van der Waals surface area contributed by atoms with Crippen LogP contribution in [0.1, 0.15) is 102 Å². The van der Waals surface area contributed by atoms with E-state index in [0.717, 1.165) is 25.8 Å². The van der Waals surface area contributed by atoms with Crippen LogP contribution in [0.15, 0.2) is 5.38 Å². The van der Waals surface area contributed by atoms with Crippen molar-refractivity contribution in [1.29, 1.82) is 0 Å². The largest absolute Gasteiger partial charge is 0.469 e. The van der Waals surface area contributed by atoms with E-state index in [2.05, 4.69) is 15.6 Å². The molecule has 1 aromatic rings. The fourth-order valence-electron chi connectivity index (χ4n) is 7.55. The molecule has 0 radical (unpaired) electrons. The molecular formula is C33H51N5O7S. The Hall–Kier alpha value is -3.06. The number of hydrogen-bond donors (Lipinski definition) is 2. The van der Waals surface area contributed by atoms with Gasteiger partial charge in [0.25, 0.3) is 5.91 Å². The van der Waals surface area contributed by atoms with Gasteiger partial charge < -0.3 is 25.0 Å². The van der Waals surface area contributed by atoms with Gasteiger partial charge in [-0.25, -0.2) is 4.98 Å². The number of carbonyl (C=O) groups is 5. The molecular weight excluding hydrogens is 610 g/mol. The van der Waals surface area contributed by atoms with Crippen molar-refractivity contribution in [2.75, 3.05) is 27.7 Å².